The van der Waals surface area contributed by atoms with Gasteiger partial charge in [-0.25, -0.2) is 4.99 Å². The molecule has 2 aromatic rings. The quantitative estimate of drug-likeness (QED) is 0.825. The van der Waals surface area contributed by atoms with Gasteiger partial charge in [-0.3, -0.25) is 0 Å². The molecule has 0 bridgehead atoms. The summed E-state index contributed by atoms with van der Waals surface area (Å²) in [5.41, 5.74) is 2.33. The van der Waals surface area contributed by atoms with Gasteiger partial charge in [-0.05, 0) is 42.9 Å². The smallest absolute Gasteiger partial charge is 0.134 e. The lowest BCUT2D eigenvalue weighted by atomic mass is 9.89. The fraction of sp³-hybridized carbons (Fsp3) is 0.294. The van der Waals surface area contributed by atoms with Crippen molar-refractivity contribution in [3.05, 3.63) is 39.8 Å². The first-order chi connectivity index (χ1) is 10.6. The van der Waals surface area contributed by atoms with Gasteiger partial charge in [0.15, 0.2) is 0 Å². The molecule has 0 amide bonds. The van der Waals surface area contributed by atoms with Gasteiger partial charge in [-0.2, -0.15) is 5.26 Å². The summed E-state index contributed by atoms with van der Waals surface area (Å²) < 4.78 is 0. The van der Waals surface area contributed by atoms with E-state index in [1.54, 1.807) is 17.4 Å². The van der Waals surface area contributed by atoms with Crippen LogP contribution < -0.4 is 0 Å². The topological polar surface area (TPSA) is 76.6 Å². The Bertz CT molecular complexity index is 787. The van der Waals surface area contributed by atoms with Crippen LogP contribution >= 0.6 is 11.3 Å². The molecule has 0 aliphatic heterocycles. The molecular weight excluding hydrogens is 296 g/mol. The molecule has 112 valence electrons. The third-order valence-electron chi connectivity index (χ3n) is 3.94. The third kappa shape index (κ3) is 2.70. The van der Waals surface area contributed by atoms with Crippen LogP contribution in [0.1, 0.15) is 34.9 Å². The minimum absolute atomic E-state index is 0.00735. The van der Waals surface area contributed by atoms with Crippen LogP contribution in [0.15, 0.2) is 23.2 Å². The predicted octanol–water partition coefficient (Wildman–Crippen LogP) is 3.91. The summed E-state index contributed by atoms with van der Waals surface area (Å²) in [5, 5.41) is 29.2. The molecule has 1 aromatic carbocycles. The van der Waals surface area contributed by atoms with E-state index in [2.05, 4.69) is 18.0 Å². The SMILES string of the molecule is C[C@@H]1CCc2c(sc(N=Cc3ccc(O)cc3O)c2C#N)C1. The second-order valence-corrected chi connectivity index (χ2v) is 6.73. The molecule has 3 rings (SSSR count). The fourth-order valence-corrected chi connectivity index (χ4v) is 4.02. The molecule has 1 aliphatic carbocycles. The number of aromatic hydroxyl groups is 2. The van der Waals surface area contributed by atoms with Crippen molar-refractivity contribution >= 4 is 22.6 Å². The first-order valence-corrected chi connectivity index (χ1v) is 8.01. The predicted molar refractivity (Wildman–Crippen MR) is 87.2 cm³/mol. The van der Waals surface area contributed by atoms with Gasteiger partial charge in [0, 0.05) is 22.7 Å². The second kappa shape index (κ2) is 5.82. The van der Waals surface area contributed by atoms with Gasteiger partial charge in [0.25, 0.3) is 0 Å². The maximum absolute atomic E-state index is 9.78. The molecular formula is C17H16N2O2S. The first kappa shape index (κ1) is 14.6. The number of hydrogen-bond acceptors (Lipinski definition) is 5. The zero-order chi connectivity index (χ0) is 15.7. The number of rotatable bonds is 2. The van der Waals surface area contributed by atoms with Gasteiger partial charge in [-0.1, -0.05) is 6.92 Å². The highest BCUT2D eigenvalue weighted by molar-refractivity contribution is 7.16. The summed E-state index contributed by atoms with van der Waals surface area (Å²) in [5.74, 6) is 0.626. The highest BCUT2D eigenvalue weighted by Gasteiger charge is 2.23. The third-order valence-corrected chi connectivity index (χ3v) is 5.10. The van der Waals surface area contributed by atoms with E-state index in [9.17, 15) is 15.5 Å². The largest absolute Gasteiger partial charge is 0.508 e. The molecule has 1 aromatic heterocycles. The van der Waals surface area contributed by atoms with E-state index in [0.717, 1.165) is 24.8 Å². The van der Waals surface area contributed by atoms with E-state index >= 15 is 0 Å². The number of hydrogen-bond donors (Lipinski definition) is 2. The first-order valence-electron chi connectivity index (χ1n) is 7.19. The van der Waals surface area contributed by atoms with Crippen molar-refractivity contribution in [1.82, 2.24) is 0 Å². The summed E-state index contributed by atoms with van der Waals surface area (Å²) >= 11 is 1.57. The Kier molecular flexibility index (Phi) is 3.86. The average Bonchev–Trinajstić information content (AvgIpc) is 2.82. The lowest BCUT2D eigenvalue weighted by Crippen LogP contribution is -2.09. The van der Waals surface area contributed by atoms with Crippen molar-refractivity contribution in [1.29, 1.82) is 5.26 Å². The normalized spacial score (nSPS) is 17.4. The maximum Gasteiger partial charge on any atom is 0.134 e. The number of nitrogens with zero attached hydrogens (tertiary/aromatic N) is 2. The van der Waals surface area contributed by atoms with E-state index < -0.39 is 0 Å². The Morgan fingerprint density at radius 1 is 1.41 bits per heavy atom. The second-order valence-electron chi connectivity index (χ2n) is 5.65. The van der Waals surface area contributed by atoms with Gasteiger partial charge < -0.3 is 10.2 Å². The lowest BCUT2D eigenvalue weighted by Gasteiger charge is -2.17. The van der Waals surface area contributed by atoms with E-state index in [1.165, 1.54) is 23.2 Å². The highest BCUT2D eigenvalue weighted by Crippen LogP contribution is 2.40. The Morgan fingerprint density at radius 3 is 2.95 bits per heavy atom. The maximum atomic E-state index is 9.78. The Hall–Kier alpha value is -2.32. The van der Waals surface area contributed by atoms with Gasteiger partial charge >= 0.3 is 0 Å². The number of phenolic OH excluding ortho intramolecular Hbond substituents is 2. The van der Waals surface area contributed by atoms with Crippen LogP contribution in [0.3, 0.4) is 0 Å². The molecule has 1 aliphatic rings. The zero-order valence-corrected chi connectivity index (χ0v) is 13.0. The van der Waals surface area contributed by atoms with Crippen molar-refractivity contribution in [3.8, 4) is 17.6 Å². The molecule has 0 spiro atoms. The Balaban J connectivity index is 1.96. The van der Waals surface area contributed by atoms with Gasteiger partial charge in [0.05, 0.1) is 5.56 Å². The van der Waals surface area contributed by atoms with E-state index in [4.69, 9.17) is 0 Å². The molecule has 1 heterocycles. The standard InChI is InChI=1S/C17H16N2O2S/c1-10-2-5-13-14(8-18)17(22-16(13)6-10)19-9-11-3-4-12(20)7-15(11)21/h3-4,7,9-10,20-21H,2,5-6H2,1H3/t10-/m1/s1. The van der Waals surface area contributed by atoms with E-state index in [1.807, 2.05) is 0 Å². The number of fused-ring (bicyclic) bond motifs is 1. The molecule has 0 unspecified atom stereocenters. The lowest BCUT2D eigenvalue weighted by molar-refractivity contribution is 0.450. The molecule has 5 heteroatoms. The number of nitriles is 1. The molecule has 0 saturated carbocycles. The number of benzene rings is 1. The molecule has 0 fully saturated rings. The fourth-order valence-electron chi connectivity index (χ4n) is 2.71. The molecule has 2 N–H and O–H groups in total. The van der Waals surface area contributed by atoms with Crippen LogP contribution in [0.2, 0.25) is 0 Å². The van der Waals surface area contributed by atoms with Crippen molar-refractivity contribution in [2.24, 2.45) is 10.9 Å². The average molecular weight is 312 g/mol. The summed E-state index contributed by atoms with van der Waals surface area (Å²) in [6.45, 7) is 2.23. The van der Waals surface area contributed by atoms with Crippen LogP contribution in [0.5, 0.6) is 11.5 Å². The van der Waals surface area contributed by atoms with Gasteiger partial charge in [-0.15, -0.1) is 11.3 Å². The summed E-state index contributed by atoms with van der Waals surface area (Å²) in [7, 11) is 0. The molecule has 22 heavy (non-hydrogen) atoms. The van der Waals surface area contributed by atoms with Gasteiger partial charge in [0.2, 0.25) is 0 Å². The zero-order valence-electron chi connectivity index (χ0n) is 12.2. The Labute approximate surface area is 133 Å². The van der Waals surface area contributed by atoms with Crippen LogP contribution in [0, 0.1) is 17.2 Å². The monoisotopic (exact) mass is 312 g/mol. The number of thiophene rings is 1. The minimum Gasteiger partial charge on any atom is -0.508 e. The summed E-state index contributed by atoms with van der Waals surface area (Å²) in [4.78, 5) is 5.66. The molecule has 0 saturated heterocycles. The van der Waals surface area contributed by atoms with E-state index in [0.29, 0.717) is 22.0 Å². The minimum atomic E-state index is -0.0304. The van der Waals surface area contributed by atoms with Crippen LogP contribution in [-0.2, 0) is 12.8 Å². The van der Waals surface area contributed by atoms with Crippen LogP contribution in [0.4, 0.5) is 5.00 Å². The molecule has 1 atom stereocenters. The summed E-state index contributed by atoms with van der Waals surface area (Å²) in [6.07, 6.45) is 4.60. The van der Waals surface area contributed by atoms with Gasteiger partial charge in [0.1, 0.15) is 22.6 Å². The highest BCUT2D eigenvalue weighted by atomic mass is 32.1. The number of aliphatic imine (C=N–C) groups is 1. The van der Waals surface area contributed by atoms with Crippen LogP contribution in [0.25, 0.3) is 0 Å². The van der Waals surface area contributed by atoms with Crippen molar-refractivity contribution < 1.29 is 10.2 Å². The Morgan fingerprint density at radius 2 is 2.23 bits per heavy atom. The van der Waals surface area contributed by atoms with Crippen molar-refractivity contribution in [3.63, 3.8) is 0 Å². The molecule has 4 nitrogen and oxygen atoms in total. The van der Waals surface area contributed by atoms with Crippen molar-refractivity contribution in [2.45, 2.75) is 26.2 Å². The van der Waals surface area contributed by atoms with Crippen molar-refractivity contribution in [2.75, 3.05) is 0 Å². The number of phenols is 2. The van der Waals surface area contributed by atoms with Crippen LogP contribution in [-0.4, -0.2) is 16.4 Å². The van der Waals surface area contributed by atoms with E-state index in [-0.39, 0.29) is 11.5 Å². The summed E-state index contributed by atoms with van der Waals surface area (Å²) in [6, 6.07) is 6.63. The molecule has 0 radical (unpaired) electrons.